The van der Waals surface area contributed by atoms with Gasteiger partial charge >= 0.3 is 33.4 Å². The summed E-state index contributed by atoms with van der Waals surface area (Å²) in [5.41, 5.74) is 9.69. The van der Waals surface area contributed by atoms with E-state index in [0.717, 1.165) is 12.5 Å². The number of sulfonamides is 2. The number of hydrogen-bond acceptors (Lipinski definition) is 10. The normalized spacial score (nSPS) is 14.2. The van der Waals surface area contributed by atoms with Gasteiger partial charge in [0.25, 0.3) is 0 Å². The molecule has 0 spiro atoms. The summed E-state index contributed by atoms with van der Waals surface area (Å²) in [5.74, 6) is -1.57. The van der Waals surface area contributed by atoms with Gasteiger partial charge in [-0.05, 0) is 31.5 Å². The van der Waals surface area contributed by atoms with Gasteiger partial charge in [-0.2, -0.15) is 12.4 Å². The van der Waals surface area contributed by atoms with Crippen molar-refractivity contribution in [1.82, 2.24) is 3.48 Å². The Kier molecular flexibility index (Phi) is 14.2. The van der Waals surface area contributed by atoms with E-state index in [1.807, 2.05) is 0 Å². The highest BCUT2D eigenvalue weighted by atomic mass is 32.3. The van der Waals surface area contributed by atoms with E-state index < -0.39 is 68.4 Å². The highest BCUT2D eigenvalue weighted by Gasteiger charge is 2.46. The lowest BCUT2D eigenvalue weighted by Crippen LogP contribution is -2.36. The van der Waals surface area contributed by atoms with Gasteiger partial charge in [0.05, 0.1) is 16.4 Å². The second kappa shape index (κ2) is 14.7. The van der Waals surface area contributed by atoms with Gasteiger partial charge in [0.2, 0.25) is 20.0 Å². The largest absolute Gasteiger partial charge is 0.430 e. The topological polar surface area (TPSA) is 319 Å². The van der Waals surface area contributed by atoms with Crippen molar-refractivity contribution in [3.05, 3.63) is 65.7 Å². The minimum absolute atomic E-state index is 0.215. The molecule has 0 aliphatic carbocycles. The molecule has 0 heterocycles. The van der Waals surface area contributed by atoms with Crippen LogP contribution in [0.3, 0.4) is 0 Å². The first-order chi connectivity index (χ1) is 17.7. The Bertz CT molecular complexity index is 1570. The van der Waals surface area contributed by atoms with Crippen LogP contribution in [0.15, 0.2) is 59.5 Å². The first-order valence-corrected chi connectivity index (χ1v) is 19.6. The van der Waals surface area contributed by atoms with Crippen molar-refractivity contribution in [3.8, 4) is 0 Å². The number of nitrogens with two attached hydrogens (primary N) is 2. The maximum Gasteiger partial charge on any atom is 0.430 e. The summed E-state index contributed by atoms with van der Waals surface area (Å²) in [6, 6.07) is 13.1. The summed E-state index contributed by atoms with van der Waals surface area (Å²) in [4.78, 5) is 41.3. The Morgan fingerprint density at radius 3 is 1.55 bits per heavy atom. The Balaban J connectivity index is 0.000000669. The highest BCUT2D eigenvalue weighted by molar-refractivity contribution is 8.09. The first kappa shape index (κ1) is 38.6. The lowest BCUT2D eigenvalue weighted by atomic mass is 10.2. The van der Waals surface area contributed by atoms with E-state index in [4.69, 9.17) is 29.0 Å². The van der Waals surface area contributed by atoms with Gasteiger partial charge in [0.15, 0.2) is 0 Å². The van der Waals surface area contributed by atoms with E-state index >= 15 is 0 Å². The number of rotatable bonds is 9. The van der Waals surface area contributed by atoms with Crippen molar-refractivity contribution < 1.29 is 67.4 Å². The quantitative estimate of drug-likeness (QED) is 0.171. The maximum atomic E-state index is 12.0. The molecule has 0 aromatic heterocycles. The molecule has 2 aromatic rings. The predicted octanol–water partition coefficient (Wildman–Crippen LogP) is 0.0580. The summed E-state index contributed by atoms with van der Waals surface area (Å²) >= 11 is 0. The van der Waals surface area contributed by atoms with Crippen LogP contribution in [0.4, 0.5) is 0 Å². The molecule has 0 saturated carbocycles. The van der Waals surface area contributed by atoms with Crippen LogP contribution in [0, 0.1) is 6.92 Å². The van der Waals surface area contributed by atoms with Gasteiger partial charge in [-0.3, -0.25) is 0 Å². The fraction of sp³-hybridized carbons (Fsp3) is 0.250. The number of hydrogen-bond donors (Lipinski definition) is 7. The van der Waals surface area contributed by atoms with Crippen molar-refractivity contribution in [3.63, 3.8) is 0 Å². The molecule has 0 aliphatic rings. The predicted molar refractivity (Wildman–Crippen MR) is 142 cm³/mol. The summed E-state index contributed by atoms with van der Waals surface area (Å²) in [7, 11) is -27.8. The number of nitrogens with zero attached hydrogens (tertiary/aromatic N) is 1. The molecule has 0 saturated heterocycles. The fourth-order valence-electron chi connectivity index (χ4n) is 2.34. The molecule has 0 aliphatic heterocycles. The van der Waals surface area contributed by atoms with Crippen LogP contribution in [-0.2, 0) is 53.6 Å². The van der Waals surface area contributed by atoms with Crippen LogP contribution in [0.2, 0.25) is 0 Å². The molecule has 0 fully saturated rings. The second-order valence-electron chi connectivity index (χ2n) is 7.33. The van der Waals surface area contributed by atoms with Gasteiger partial charge in [0, 0.05) is 3.48 Å². The minimum atomic E-state index is -5.51. The Morgan fingerprint density at radius 2 is 1.20 bits per heavy atom. The van der Waals surface area contributed by atoms with E-state index in [0.29, 0.717) is 0 Å². The molecule has 0 radical (unpaired) electrons. The molecule has 9 N–H and O–H groups in total. The van der Waals surface area contributed by atoms with E-state index in [2.05, 4.69) is 15.0 Å². The van der Waals surface area contributed by atoms with Gasteiger partial charge < -0.3 is 24.5 Å². The smallest absolute Gasteiger partial charge is 0.313 e. The van der Waals surface area contributed by atoms with Crippen LogP contribution in [-0.4, -0.2) is 59.0 Å². The third-order valence-electron chi connectivity index (χ3n) is 3.76. The minimum Gasteiger partial charge on any atom is -0.313 e. The highest BCUT2D eigenvalue weighted by Crippen LogP contribution is 2.46. The first-order valence-electron chi connectivity index (χ1n) is 10.1. The molecule has 40 heavy (non-hydrogen) atoms. The van der Waals surface area contributed by atoms with Crippen LogP contribution in [0.25, 0.3) is 0 Å². The molecule has 1 unspecified atom stereocenters. The van der Waals surface area contributed by atoms with Crippen molar-refractivity contribution >= 4 is 53.4 Å². The van der Waals surface area contributed by atoms with Gasteiger partial charge in [-0.25, -0.2) is 41.5 Å². The van der Waals surface area contributed by atoms with E-state index in [-0.39, 0.29) is 10.5 Å². The van der Waals surface area contributed by atoms with E-state index in [1.165, 1.54) is 48.5 Å². The molecular weight excluding hydrogens is 663 g/mol. The standard InChI is InChI=1S/C9H14NO7PS2.C7H10NO5PS.H4NO3P/c1-2-19(14,15)10(18(11,12)13)20(16,17)8-9-6-4-3-5-7-9;1-6-2-4-7(5-3-6)15(11,12)13-14(8,9)10;1-5(2,3)4/h3-7H,2,8H2,1H3,(H2,11,12,13);2-5H,1H3,(H3,8,9,10);(H4,1,2,3,4). The Hall–Kier alpha value is -1.38. The molecular formula is C16H28N3O15P3S3. The van der Waals surface area contributed by atoms with Crippen molar-refractivity contribution in [2.45, 2.75) is 24.5 Å². The van der Waals surface area contributed by atoms with Crippen LogP contribution < -0.4 is 11.0 Å². The maximum absolute atomic E-state index is 12.0. The lowest BCUT2D eigenvalue weighted by molar-refractivity contribution is 0.345. The van der Waals surface area contributed by atoms with Gasteiger partial charge in [-0.15, -0.1) is 0 Å². The zero-order valence-corrected chi connectivity index (χ0v) is 25.7. The van der Waals surface area contributed by atoms with Crippen LogP contribution in [0.5, 0.6) is 0 Å². The molecule has 2 rings (SSSR count). The fourth-order valence-corrected chi connectivity index (χ4v) is 10.2. The third-order valence-corrected chi connectivity index (χ3v) is 13.2. The molecule has 0 bridgehead atoms. The third kappa shape index (κ3) is 15.6. The summed E-state index contributed by atoms with van der Waals surface area (Å²) in [6.45, 7) is 2.87. The van der Waals surface area contributed by atoms with E-state index in [1.54, 1.807) is 13.0 Å². The summed E-state index contributed by atoms with van der Waals surface area (Å²) in [6.07, 6.45) is 0. The molecule has 0 amide bonds. The van der Waals surface area contributed by atoms with Crippen LogP contribution in [0.1, 0.15) is 18.1 Å². The monoisotopic (exact) mass is 691 g/mol. The SMILES string of the molecule is CCS(=O)(=O)N(P(=O)(O)O)S(=O)(=O)Cc1ccccc1.Cc1ccc(S(=O)(=O)OP(N)(=O)O)cc1.NP(=O)(O)O. The summed E-state index contributed by atoms with van der Waals surface area (Å²) in [5, 5.41) is 0. The van der Waals surface area contributed by atoms with Crippen LogP contribution >= 0.6 is 23.2 Å². The van der Waals surface area contributed by atoms with Crippen molar-refractivity contribution in [2.24, 2.45) is 11.0 Å². The molecule has 230 valence electrons. The average Bonchev–Trinajstić information content (AvgIpc) is 2.70. The second-order valence-corrected chi connectivity index (χ2v) is 17.7. The van der Waals surface area contributed by atoms with Gasteiger partial charge in [0.1, 0.15) is 0 Å². The number of aryl methyl sites for hydroxylation is 1. The van der Waals surface area contributed by atoms with E-state index in [9.17, 15) is 34.4 Å². The molecule has 18 nitrogen and oxygen atoms in total. The average molecular weight is 692 g/mol. The molecule has 1 atom stereocenters. The Morgan fingerprint density at radius 1 is 0.775 bits per heavy atom. The van der Waals surface area contributed by atoms with Crippen molar-refractivity contribution in [1.29, 1.82) is 0 Å². The number of benzene rings is 2. The summed E-state index contributed by atoms with van der Waals surface area (Å²) < 4.78 is 104. The van der Waals surface area contributed by atoms with Gasteiger partial charge in [-0.1, -0.05) is 48.0 Å². The Labute approximate surface area is 230 Å². The zero-order chi connectivity index (χ0) is 31.8. The zero-order valence-electron chi connectivity index (χ0n) is 20.6. The molecule has 24 heteroatoms. The molecule has 2 aromatic carbocycles. The van der Waals surface area contributed by atoms with Crippen molar-refractivity contribution in [2.75, 3.05) is 5.75 Å². The lowest BCUT2D eigenvalue weighted by Gasteiger charge is -2.21.